The molecule has 2 rings (SSSR count). The number of carbonyl (C=O) groups excluding carboxylic acids is 1. The molecular formula is C13H17N3O2. The number of benzene rings is 1. The Labute approximate surface area is 106 Å². The summed E-state index contributed by atoms with van der Waals surface area (Å²) in [7, 11) is 0. The lowest BCUT2D eigenvalue weighted by Crippen LogP contribution is -2.40. The number of hydrogen-bond acceptors (Lipinski definition) is 4. The molecule has 0 aliphatic carbocycles. The first-order chi connectivity index (χ1) is 8.54. The molecule has 0 saturated heterocycles. The number of hydrazone groups is 1. The highest BCUT2D eigenvalue weighted by Crippen LogP contribution is 2.28. The van der Waals surface area contributed by atoms with Crippen molar-refractivity contribution >= 4 is 17.3 Å². The lowest BCUT2D eigenvalue weighted by atomic mass is 9.82. The summed E-state index contributed by atoms with van der Waals surface area (Å²) in [6.07, 6.45) is 0.818. The van der Waals surface area contributed by atoms with Gasteiger partial charge in [0.2, 0.25) is 5.91 Å². The molecule has 1 aliphatic rings. The number of phenols is 1. The van der Waals surface area contributed by atoms with Gasteiger partial charge in [0, 0.05) is 17.4 Å². The second kappa shape index (κ2) is 4.68. The molecule has 5 heteroatoms. The Morgan fingerprint density at radius 3 is 2.83 bits per heavy atom. The van der Waals surface area contributed by atoms with Crippen LogP contribution in [0.4, 0.5) is 5.69 Å². The summed E-state index contributed by atoms with van der Waals surface area (Å²) in [6, 6.07) is 5.03. The van der Waals surface area contributed by atoms with Crippen LogP contribution in [-0.2, 0) is 4.79 Å². The quantitative estimate of drug-likeness (QED) is 0.546. The van der Waals surface area contributed by atoms with Crippen molar-refractivity contribution in [3.05, 3.63) is 23.8 Å². The van der Waals surface area contributed by atoms with Crippen LogP contribution in [0.5, 0.6) is 5.75 Å². The number of nitrogens with two attached hydrogens (primary N) is 1. The minimum absolute atomic E-state index is 0.0367. The van der Waals surface area contributed by atoms with Crippen LogP contribution in [0.25, 0.3) is 0 Å². The molecule has 0 fully saturated rings. The van der Waals surface area contributed by atoms with E-state index in [0.29, 0.717) is 5.69 Å². The summed E-state index contributed by atoms with van der Waals surface area (Å²) in [5.41, 5.74) is 10.0. The topological polar surface area (TPSA) is 87.7 Å². The normalized spacial score (nSPS) is 23.4. The van der Waals surface area contributed by atoms with Gasteiger partial charge in [-0.2, -0.15) is 5.10 Å². The van der Waals surface area contributed by atoms with Gasteiger partial charge in [-0.15, -0.1) is 0 Å². The molecule has 96 valence electrons. The molecule has 1 aromatic rings. The Bertz CT molecular complexity index is 511. The molecule has 18 heavy (non-hydrogen) atoms. The lowest BCUT2D eigenvalue weighted by Gasteiger charge is -2.27. The fourth-order valence-electron chi connectivity index (χ4n) is 2.25. The summed E-state index contributed by atoms with van der Waals surface area (Å²) in [4.78, 5) is 11.6. The summed E-state index contributed by atoms with van der Waals surface area (Å²) in [6.45, 7) is 3.90. The van der Waals surface area contributed by atoms with Crippen molar-refractivity contribution in [1.29, 1.82) is 0 Å². The maximum Gasteiger partial charge on any atom is 0.243 e. The van der Waals surface area contributed by atoms with Gasteiger partial charge >= 0.3 is 0 Å². The number of nitrogen functional groups attached to an aromatic ring is 1. The first-order valence-electron chi connectivity index (χ1n) is 6.01. The van der Waals surface area contributed by atoms with Crippen molar-refractivity contribution in [3.8, 4) is 5.75 Å². The van der Waals surface area contributed by atoms with E-state index in [2.05, 4.69) is 10.5 Å². The zero-order valence-electron chi connectivity index (χ0n) is 10.5. The van der Waals surface area contributed by atoms with Crippen molar-refractivity contribution in [1.82, 2.24) is 5.43 Å². The predicted octanol–water partition coefficient (Wildman–Crippen LogP) is 1.47. The molecule has 1 aliphatic heterocycles. The van der Waals surface area contributed by atoms with Gasteiger partial charge in [-0.1, -0.05) is 19.9 Å². The van der Waals surface area contributed by atoms with Crippen molar-refractivity contribution in [2.75, 3.05) is 5.73 Å². The van der Waals surface area contributed by atoms with E-state index < -0.39 is 0 Å². The molecule has 0 spiro atoms. The first-order valence-corrected chi connectivity index (χ1v) is 6.01. The number of rotatable bonds is 2. The van der Waals surface area contributed by atoms with E-state index in [-0.39, 0.29) is 23.5 Å². The third-order valence-electron chi connectivity index (χ3n) is 3.42. The second-order valence-corrected chi connectivity index (χ2v) is 4.55. The van der Waals surface area contributed by atoms with E-state index in [0.717, 1.165) is 17.7 Å². The molecule has 1 aromatic carbocycles. The number of anilines is 1. The van der Waals surface area contributed by atoms with Gasteiger partial charge in [-0.25, -0.2) is 5.43 Å². The predicted molar refractivity (Wildman–Crippen MR) is 70.1 cm³/mol. The monoisotopic (exact) mass is 247 g/mol. The SMILES string of the molecule is CC[C@@H]1C(c2ccc(N)c(O)c2)=NNC(=O)[C@@H]1C. The third-order valence-corrected chi connectivity index (χ3v) is 3.42. The van der Waals surface area contributed by atoms with Crippen LogP contribution < -0.4 is 11.2 Å². The highest BCUT2D eigenvalue weighted by Gasteiger charge is 2.31. The first kappa shape index (κ1) is 12.4. The highest BCUT2D eigenvalue weighted by atomic mass is 16.3. The zero-order valence-corrected chi connectivity index (χ0v) is 10.5. The number of carbonyl (C=O) groups is 1. The van der Waals surface area contributed by atoms with Crippen molar-refractivity contribution in [3.63, 3.8) is 0 Å². The highest BCUT2D eigenvalue weighted by molar-refractivity contribution is 6.07. The fourth-order valence-corrected chi connectivity index (χ4v) is 2.25. The molecule has 2 atom stereocenters. The molecule has 0 unspecified atom stereocenters. The fraction of sp³-hybridized carbons (Fsp3) is 0.385. The maximum atomic E-state index is 11.6. The van der Waals surface area contributed by atoms with Crippen LogP contribution in [0.1, 0.15) is 25.8 Å². The minimum atomic E-state index is -0.123. The van der Waals surface area contributed by atoms with Crippen molar-refractivity contribution in [2.24, 2.45) is 16.9 Å². The van der Waals surface area contributed by atoms with Crippen LogP contribution in [0.2, 0.25) is 0 Å². The largest absolute Gasteiger partial charge is 0.506 e. The van der Waals surface area contributed by atoms with E-state index >= 15 is 0 Å². The Morgan fingerprint density at radius 1 is 1.50 bits per heavy atom. The van der Waals surface area contributed by atoms with E-state index in [9.17, 15) is 9.90 Å². The van der Waals surface area contributed by atoms with Gasteiger partial charge in [0.25, 0.3) is 0 Å². The van der Waals surface area contributed by atoms with E-state index in [4.69, 9.17) is 5.73 Å². The number of aromatic hydroxyl groups is 1. The van der Waals surface area contributed by atoms with Crippen molar-refractivity contribution < 1.29 is 9.90 Å². The number of amides is 1. The minimum Gasteiger partial charge on any atom is -0.506 e. The summed E-state index contributed by atoms with van der Waals surface area (Å²) in [5.74, 6) is -0.0937. The van der Waals surface area contributed by atoms with Gasteiger partial charge in [0.1, 0.15) is 5.75 Å². The summed E-state index contributed by atoms with van der Waals surface area (Å²) in [5, 5.41) is 13.8. The van der Waals surface area contributed by atoms with Crippen LogP contribution in [0.3, 0.4) is 0 Å². The van der Waals surface area contributed by atoms with Gasteiger partial charge in [-0.3, -0.25) is 4.79 Å². The van der Waals surface area contributed by atoms with Gasteiger partial charge < -0.3 is 10.8 Å². The van der Waals surface area contributed by atoms with Crippen LogP contribution in [0.15, 0.2) is 23.3 Å². The second-order valence-electron chi connectivity index (χ2n) is 4.55. The molecule has 0 saturated carbocycles. The molecule has 0 bridgehead atoms. The van der Waals surface area contributed by atoms with Crippen LogP contribution in [0, 0.1) is 11.8 Å². The van der Waals surface area contributed by atoms with E-state index in [1.54, 1.807) is 18.2 Å². The van der Waals surface area contributed by atoms with Crippen LogP contribution >= 0.6 is 0 Å². The third kappa shape index (κ3) is 2.03. The smallest absolute Gasteiger partial charge is 0.243 e. The average molecular weight is 247 g/mol. The maximum absolute atomic E-state index is 11.6. The Morgan fingerprint density at radius 2 is 2.22 bits per heavy atom. The standard InChI is InChI=1S/C13H17N3O2/c1-3-9-7(2)13(18)16-15-12(9)8-4-5-10(14)11(17)6-8/h4-7,9,17H,3,14H2,1-2H3,(H,16,18)/t7-,9+/m1/s1. The number of nitrogens with zero attached hydrogens (tertiary/aromatic N) is 1. The Kier molecular flexibility index (Phi) is 3.23. The molecule has 0 radical (unpaired) electrons. The van der Waals surface area contributed by atoms with Gasteiger partial charge in [-0.05, 0) is 18.6 Å². The van der Waals surface area contributed by atoms with Crippen LogP contribution in [-0.4, -0.2) is 16.7 Å². The van der Waals surface area contributed by atoms with Crippen molar-refractivity contribution in [2.45, 2.75) is 20.3 Å². The molecule has 5 nitrogen and oxygen atoms in total. The number of nitrogens with one attached hydrogen (secondary N) is 1. The average Bonchev–Trinajstić information content (AvgIpc) is 2.36. The molecule has 1 amide bonds. The lowest BCUT2D eigenvalue weighted by molar-refractivity contribution is -0.125. The van der Waals surface area contributed by atoms with Gasteiger partial charge in [0.05, 0.1) is 11.4 Å². The molecule has 4 N–H and O–H groups in total. The summed E-state index contributed by atoms with van der Waals surface area (Å²) < 4.78 is 0. The molecular weight excluding hydrogens is 230 g/mol. The summed E-state index contributed by atoms with van der Waals surface area (Å²) >= 11 is 0. The molecule has 0 aromatic heterocycles. The Balaban J connectivity index is 2.42. The molecule has 1 heterocycles. The van der Waals surface area contributed by atoms with Gasteiger partial charge in [0.15, 0.2) is 0 Å². The Hall–Kier alpha value is -2.04. The number of hydrogen-bond donors (Lipinski definition) is 3. The number of phenolic OH excluding ortho intramolecular Hbond substituents is 1. The van der Waals surface area contributed by atoms with E-state index in [1.165, 1.54) is 0 Å². The zero-order chi connectivity index (χ0) is 13.3. The van der Waals surface area contributed by atoms with E-state index in [1.807, 2.05) is 13.8 Å².